The van der Waals surface area contributed by atoms with Crippen molar-refractivity contribution < 1.29 is 28.5 Å². The van der Waals surface area contributed by atoms with E-state index in [-0.39, 0.29) is 25.4 Å². The molecule has 0 fully saturated rings. The summed E-state index contributed by atoms with van der Waals surface area (Å²) in [5.41, 5.74) is 3.40. The topological polar surface area (TPSA) is 83.1 Å². The number of hydrogen-bond donors (Lipinski definition) is 1. The lowest BCUT2D eigenvalue weighted by atomic mass is 10.1. The molecule has 0 aliphatic rings. The first-order valence-electron chi connectivity index (χ1n) is 14.3. The average Bonchev–Trinajstić information content (AvgIpc) is 3.09. The second-order valence-corrected chi connectivity index (χ2v) is 10.5. The Balaban J connectivity index is 1.52. The third kappa shape index (κ3) is 8.43. The van der Waals surface area contributed by atoms with E-state index in [1.54, 1.807) is 36.4 Å². The van der Waals surface area contributed by atoms with Gasteiger partial charge in [-0.15, -0.1) is 0 Å². The standard InChI is InChI=1S/C37H32ClNO6/c1-42-37(41)34(30-19-11-12-20-31(30)38)39-36(40)29-21-32(43-23-26-13-5-2-6-14-26)35(45-25-28-17-9-4-10-18-28)33(22-29)44-24-27-15-7-3-8-16-27/h2-22,34H,23-25H2,1H3,(H,39,40). The molecule has 1 unspecified atom stereocenters. The van der Waals surface area contributed by atoms with Gasteiger partial charge in [0.1, 0.15) is 19.8 Å². The van der Waals surface area contributed by atoms with Crippen LogP contribution in [0.5, 0.6) is 17.2 Å². The van der Waals surface area contributed by atoms with Gasteiger partial charge in [-0.05, 0) is 34.9 Å². The molecule has 0 aliphatic carbocycles. The van der Waals surface area contributed by atoms with Crippen LogP contribution in [0.4, 0.5) is 0 Å². The van der Waals surface area contributed by atoms with Gasteiger partial charge < -0.3 is 24.3 Å². The molecular weight excluding hydrogens is 590 g/mol. The van der Waals surface area contributed by atoms with E-state index in [0.717, 1.165) is 16.7 Å². The van der Waals surface area contributed by atoms with Crippen molar-refractivity contribution in [1.82, 2.24) is 5.32 Å². The maximum Gasteiger partial charge on any atom is 0.333 e. The second-order valence-electron chi connectivity index (χ2n) is 10.1. The van der Waals surface area contributed by atoms with Crippen LogP contribution in [0.15, 0.2) is 127 Å². The Bertz CT molecular complexity index is 1650. The fourth-order valence-corrected chi connectivity index (χ4v) is 4.81. The van der Waals surface area contributed by atoms with Gasteiger partial charge >= 0.3 is 5.97 Å². The molecule has 1 amide bonds. The smallest absolute Gasteiger partial charge is 0.333 e. The Hall–Kier alpha value is -5.27. The van der Waals surface area contributed by atoms with Gasteiger partial charge in [0, 0.05) is 16.1 Å². The first-order chi connectivity index (χ1) is 22.0. The lowest BCUT2D eigenvalue weighted by Gasteiger charge is -2.21. The average molecular weight is 622 g/mol. The zero-order valence-corrected chi connectivity index (χ0v) is 25.4. The Kier molecular flexibility index (Phi) is 10.7. The largest absolute Gasteiger partial charge is 0.485 e. The molecule has 0 aromatic heterocycles. The summed E-state index contributed by atoms with van der Waals surface area (Å²) in [6.45, 7) is 0.680. The summed E-state index contributed by atoms with van der Waals surface area (Å²) < 4.78 is 23.9. The van der Waals surface area contributed by atoms with Crippen LogP contribution >= 0.6 is 11.6 Å². The van der Waals surface area contributed by atoms with E-state index in [9.17, 15) is 9.59 Å². The number of carbonyl (C=O) groups excluding carboxylic acids is 2. The summed E-state index contributed by atoms with van der Waals surface area (Å²) in [6.07, 6.45) is 0. The molecular formula is C37H32ClNO6. The van der Waals surface area contributed by atoms with E-state index < -0.39 is 17.9 Å². The Labute approximate surface area is 267 Å². The minimum Gasteiger partial charge on any atom is -0.485 e. The number of methoxy groups -OCH3 is 1. The highest BCUT2D eigenvalue weighted by molar-refractivity contribution is 6.31. The summed E-state index contributed by atoms with van der Waals surface area (Å²) in [5, 5.41) is 3.09. The summed E-state index contributed by atoms with van der Waals surface area (Å²) in [7, 11) is 1.25. The normalized spacial score (nSPS) is 11.2. The van der Waals surface area contributed by atoms with Crippen molar-refractivity contribution in [3.8, 4) is 17.2 Å². The lowest BCUT2D eigenvalue weighted by Crippen LogP contribution is -2.34. The zero-order chi connectivity index (χ0) is 31.4. The number of esters is 1. The highest BCUT2D eigenvalue weighted by Gasteiger charge is 2.28. The molecule has 0 heterocycles. The third-order valence-corrected chi connectivity index (χ3v) is 7.26. The van der Waals surface area contributed by atoms with E-state index >= 15 is 0 Å². The molecule has 5 aromatic carbocycles. The maximum absolute atomic E-state index is 13.8. The van der Waals surface area contributed by atoms with Gasteiger partial charge in [0.05, 0.1) is 7.11 Å². The molecule has 228 valence electrons. The van der Waals surface area contributed by atoms with Crippen LogP contribution in [-0.4, -0.2) is 19.0 Å². The predicted molar refractivity (Wildman–Crippen MR) is 172 cm³/mol. The van der Waals surface area contributed by atoms with Crippen molar-refractivity contribution in [2.45, 2.75) is 25.9 Å². The van der Waals surface area contributed by atoms with Crippen molar-refractivity contribution in [3.63, 3.8) is 0 Å². The first kappa shape index (κ1) is 31.2. The second kappa shape index (κ2) is 15.5. The number of carbonyl (C=O) groups is 2. The number of nitrogens with one attached hydrogen (secondary N) is 1. The maximum atomic E-state index is 13.8. The SMILES string of the molecule is COC(=O)C(NC(=O)c1cc(OCc2ccccc2)c(OCc2ccccc2)c(OCc2ccccc2)c1)c1ccccc1Cl. The van der Waals surface area contributed by atoms with Gasteiger partial charge in [-0.1, -0.05) is 121 Å². The van der Waals surface area contributed by atoms with Gasteiger partial charge in [0.2, 0.25) is 5.75 Å². The molecule has 7 nitrogen and oxygen atoms in total. The number of hydrogen-bond acceptors (Lipinski definition) is 6. The van der Waals surface area contributed by atoms with E-state index in [4.69, 9.17) is 30.5 Å². The van der Waals surface area contributed by atoms with Crippen molar-refractivity contribution >= 4 is 23.5 Å². The van der Waals surface area contributed by atoms with Crippen LogP contribution in [-0.2, 0) is 29.4 Å². The summed E-state index contributed by atoms with van der Waals surface area (Å²) >= 11 is 6.39. The zero-order valence-electron chi connectivity index (χ0n) is 24.7. The molecule has 0 spiro atoms. The fourth-order valence-electron chi connectivity index (χ4n) is 4.57. The highest BCUT2D eigenvalue weighted by Crippen LogP contribution is 2.41. The van der Waals surface area contributed by atoms with Crippen LogP contribution in [0.3, 0.4) is 0 Å². The van der Waals surface area contributed by atoms with E-state index in [2.05, 4.69) is 5.32 Å². The summed E-state index contributed by atoms with van der Waals surface area (Å²) in [5.74, 6) is -0.275. The highest BCUT2D eigenvalue weighted by atomic mass is 35.5. The summed E-state index contributed by atoms with van der Waals surface area (Å²) in [4.78, 5) is 26.6. The molecule has 0 saturated carbocycles. The number of ether oxygens (including phenoxy) is 4. The van der Waals surface area contributed by atoms with Gasteiger partial charge in [-0.2, -0.15) is 0 Å². The number of halogens is 1. The molecule has 0 radical (unpaired) electrons. The molecule has 8 heteroatoms. The van der Waals surface area contributed by atoms with E-state index in [1.165, 1.54) is 7.11 Å². The van der Waals surface area contributed by atoms with E-state index in [0.29, 0.717) is 27.8 Å². The molecule has 0 saturated heterocycles. The van der Waals surface area contributed by atoms with Crippen LogP contribution < -0.4 is 19.5 Å². The number of rotatable bonds is 13. The molecule has 1 atom stereocenters. The monoisotopic (exact) mass is 621 g/mol. The molecule has 1 N–H and O–H groups in total. The number of benzene rings is 5. The fraction of sp³-hybridized carbons (Fsp3) is 0.135. The van der Waals surface area contributed by atoms with Crippen molar-refractivity contribution in [3.05, 3.63) is 160 Å². The first-order valence-corrected chi connectivity index (χ1v) is 14.7. The molecule has 5 rings (SSSR count). The van der Waals surface area contributed by atoms with Crippen LogP contribution in [0.2, 0.25) is 5.02 Å². The van der Waals surface area contributed by atoms with Gasteiger partial charge in [-0.3, -0.25) is 4.79 Å². The molecule has 0 bridgehead atoms. The van der Waals surface area contributed by atoms with Gasteiger partial charge in [0.25, 0.3) is 5.91 Å². The Morgan fingerprint density at radius 2 is 1.09 bits per heavy atom. The minimum absolute atomic E-state index is 0.189. The van der Waals surface area contributed by atoms with Gasteiger partial charge in [0.15, 0.2) is 17.5 Å². The van der Waals surface area contributed by atoms with Crippen LogP contribution in [0, 0.1) is 0 Å². The summed E-state index contributed by atoms with van der Waals surface area (Å²) in [6, 6.07) is 37.8. The van der Waals surface area contributed by atoms with Crippen molar-refractivity contribution in [2.75, 3.05) is 7.11 Å². The van der Waals surface area contributed by atoms with Crippen LogP contribution in [0.25, 0.3) is 0 Å². The predicted octanol–water partition coefficient (Wildman–Crippen LogP) is 7.72. The third-order valence-electron chi connectivity index (χ3n) is 6.91. The van der Waals surface area contributed by atoms with Crippen LogP contribution in [0.1, 0.15) is 38.7 Å². The lowest BCUT2D eigenvalue weighted by molar-refractivity contribution is -0.143. The van der Waals surface area contributed by atoms with Crippen molar-refractivity contribution in [1.29, 1.82) is 0 Å². The van der Waals surface area contributed by atoms with Gasteiger partial charge in [-0.25, -0.2) is 4.79 Å². The quantitative estimate of drug-likeness (QED) is 0.136. The Morgan fingerprint density at radius 1 is 0.644 bits per heavy atom. The minimum atomic E-state index is -1.15. The van der Waals surface area contributed by atoms with Crippen molar-refractivity contribution in [2.24, 2.45) is 0 Å². The number of amides is 1. The van der Waals surface area contributed by atoms with E-state index in [1.807, 2.05) is 91.0 Å². The Morgan fingerprint density at radius 3 is 1.56 bits per heavy atom. The molecule has 0 aliphatic heterocycles. The molecule has 5 aromatic rings. The molecule has 45 heavy (non-hydrogen) atoms.